The molecule has 2 amide bonds. The first kappa shape index (κ1) is 16.4. The average Bonchev–Trinajstić information content (AvgIpc) is 2.88. The van der Waals surface area contributed by atoms with Crippen molar-refractivity contribution >= 4 is 17.4 Å². The van der Waals surface area contributed by atoms with Crippen LogP contribution in [0.1, 0.15) is 29.2 Å². The molecule has 4 nitrogen and oxygen atoms in total. The first-order chi connectivity index (χ1) is 10.5. The summed E-state index contributed by atoms with van der Waals surface area (Å²) in [5.41, 5.74) is 1.17. The molecule has 0 saturated carbocycles. The Kier molecular flexibility index (Phi) is 5.43. The summed E-state index contributed by atoms with van der Waals surface area (Å²) in [5, 5.41) is 8.24. The standard InChI is InChI=1S/C15H17F2N3OS/c1-9(14-8-22-10(2)20-14)19-15(21)18-6-5-11-3-4-12(16)7-13(11)17/h3-4,7-9H,5-6H2,1-2H3,(H2,18,19,21)/t9-/m1/s1. The SMILES string of the molecule is Cc1nc([C@@H](C)NC(=O)NCCc2ccc(F)cc2F)cs1. The van der Waals surface area contributed by atoms with E-state index in [1.165, 1.54) is 23.5 Å². The molecule has 1 aromatic heterocycles. The molecular formula is C15H17F2N3OS. The van der Waals surface area contributed by atoms with Crippen LogP contribution in [0, 0.1) is 18.6 Å². The van der Waals surface area contributed by atoms with Gasteiger partial charge in [-0.15, -0.1) is 11.3 Å². The molecule has 0 radical (unpaired) electrons. The molecule has 0 unspecified atom stereocenters. The Morgan fingerprint density at radius 1 is 1.41 bits per heavy atom. The van der Waals surface area contributed by atoms with Crippen molar-refractivity contribution in [2.45, 2.75) is 26.3 Å². The van der Waals surface area contributed by atoms with Gasteiger partial charge in [-0.05, 0) is 31.9 Å². The van der Waals surface area contributed by atoms with Crippen LogP contribution in [0.5, 0.6) is 0 Å². The van der Waals surface area contributed by atoms with Gasteiger partial charge in [0.1, 0.15) is 11.6 Å². The van der Waals surface area contributed by atoms with Gasteiger partial charge in [-0.1, -0.05) is 6.07 Å². The molecule has 1 aromatic carbocycles. The van der Waals surface area contributed by atoms with Gasteiger partial charge in [0.25, 0.3) is 0 Å². The zero-order valence-corrected chi connectivity index (χ0v) is 13.1. The van der Waals surface area contributed by atoms with Crippen molar-refractivity contribution in [1.82, 2.24) is 15.6 Å². The lowest BCUT2D eigenvalue weighted by Gasteiger charge is -2.13. The van der Waals surface area contributed by atoms with Crippen LogP contribution in [0.2, 0.25) is 0 Å². The molecule has 0 aliphatic carbocycles. The highest BCUT2D eigenvalue weighted by atomic mass is 32.1. The summed E-state index contributed by atoms with van der Waals surface area (Å²) >= 11 is 1.52. The molecule has 2 aromatic rings. The van der Waals surface area contributed by atoms with Crippen molar-refractivity contribution < 1.29 is 13.6 Å². The summed E-state index contributed by atoms with van der Waals surface area (Å²) in [6, 6.07) is 2.87. The Labute approximate surface area is 131 Å². The fourth-order valence-corrected chi connectivity index (χ4v) is 2.64. The number of hydrogen-bond acceptors (Lipinski definition) is 3. The monoisotopic (exact) mass is 325 g/mol. The Balaban J connectivity index is 1.78. The Bertz CT molecular complexity index is 660. The van der Waals surface area contributed by atoms with E-state index < -0.39 is 11.6 Å². The third kappa shape index (κ3) is 4.49. The van der Waals surface area contributed by atoms with Gasteiger partial charge in [0, 0.05) is 18.0 Å². The number of carbonyl (C=O) groups is 1. The van der Waals surface area contributed by atoms with Crippen LogP contribution in [-0.2, 0) is 6.42 Å². The van der Waals surface area contributed by atoms with E-state index >= 15 is 0 Å². The van der Waals surface area contributed by atoms with E-state index in [-0.39, 0.29) is 18.6 Å². The smallest absolute Gasteiger partial charge is 0.315 e. The lowest BCUT2D eigenvalue weighted by Crippen LogP contribution is -2.38. The summed E-state index contributed by atoms with van der Waals surface area (Å²) in [7, 11) is 0. The molecule has 0 saturated heterocycles. The molecule has 1 atom stereocenters. The minimum Gasteiger partial charge on any atom is -0.338 e. The van der Waals surface area contributed by atoms with Gasteiger partial charge in [0.2, 0.25) is 0 Å². The highest BCUT2D eigenvalue weighted by molar-refractivity contribution is 7.09. The predicted octanol–water partition coefficient (Wildman–Crippen LogP) is 3.33. The van der Waals surface area contributed by atoms with Crippen molar-refractivity contribution in [3.8, 4) is 0 Å². The number of rotatable bonds is 5. The Morgan fingerprint density at radius 3 is 2.82 bits per heavy atom. The van der Waals surface area contributed by atoms with Gasteiger partial charge in [-0.3, -0.25) is 0 Å². The van der Waals surface area contributed by atoms with E-state index in [2.05, 4.69) is 15.6 Å². The van der Waals surface area contributed by atoms with Crippen LogP contribution in [0.4, 0.5) is 13.6 Å². The fourth-order valence-electron chi connectivity index (χ4n) is 1.94. The van der Waals surface area contributed by atoms with Crippen LogP contribution in [-0.4, -0.2) is 17.6 Å². The molecule has 118 valence electrons. The number of carbonyl (C=O) groups excluding carboxylic acids is 1. The van der Waals surface area contributed by atoms with Gasteiger partial charge in [-0.25, -0.2) is 18.6 Å². The molecule has 0 fully saturated rings. The maximum Gasteiger partial charge on any atom is 0.315 e. The number of amides is 2. The first-order valence-corrected chi connectivity index (χ1v) is 7.74. The minimum atomic E-state index is -0.612. The second-order valence-corrected chi connectivity index (χ2v) is 5.96. The van der Waals surface area contributed by atoms with Gasteiger partial charge in [0.05, 0.1) is 16.7 Å². The number of halogens is 2. The molecule has 2 N–H and O–H groups in total. The van der Waals surface area contributed by atoms with Gasteiger partial charge >= 0.3 is 6.03 Å². The largest absolute Gasteiger partial charge is 0.338 e. The predicted molar refractivity (Wildman–Crippen MR) is 81.9 cm³/mol. The van der Waals surface area contributed by atoms with E-state index in [0.29, 0.717) is 12.0 Å². The summed E-state index contributed by atoms with van der Waals surface area (Å²) in [6.07, 6.45) is 0.295. The van der Waals surface area contributed by atoms with E-state index in [0.717, 1.165) is 16.8 Å². The number of aromatic nitrogens is 1. The molecule has 0 aliphatic heterocycles. The quantitative estimate of drug-likeness (QED) is 0.886. The third-order valence-corrected chi connectivity index (χ3v) is 3.91. The Morgan fingerprint density at radius 2 is 2.18 bits per heavy atom. The number of nitrogens with one attached hydrogen (secondary N) is 2. The lowest BCUT2D eigenvalue weighted by molar-refractivity contribution is 0.238. The van der Waals surface area contributed by atoms with Crippen LogP contribution in [0.25, 0.3) is 0 Å². The number of thiazole rings is 1. The summed E-state index contributed by atoms with van der Waals surface area (Å²) < 4.78 is 26.2. The molecule has 2 rings (SSSR count). The van der Waals surface area contributed by atoms with Gasteiger partial charge in [0.15, 0.2) is 0 Å². The zero-order valence-electron chi connectivity index (χ0n) is 12.3. The highest BCUT2D eigenvalue weighted by Gasteiger charge is 2.12. The van der Waals surface area contributed by atoms with Gasteiger partial charge < -0.3 is 10.6 Å². The highest BCUT2D eigenvalue weighted by Crippen LogP contribution is 2.15. The lowest BCUT2D eigenvalue weighted by atomic mass is 10.1. The summed E-state index contributed by atoms with van der Waals surface area (Å²) in [5.74, 6) is -1.21. The number of hydrogen-bond donors (Lipinski definition) is 2. The Hall–Kier alpha value is -2.02. The number of urea groups is 1. The van der Waals surface area contributed by atoms with Crippen LogP contribution < -0.4 is 10.6 Å². The van der Waals surface area contributed by atoms with Crippen LogP contribution in [0.3, 0.4) is 0 Å². The average molecular weight is 325 g/mol. The molecule has 0 aliphatic rings. The van der Waals surface area contributed by atoms with E-state index in [4.69, 9.17) is 0 Å². The molecule has 7 heteroatoms. The normalized spacial score (nSPS) is 12.0. The zero-order chi connectivity index (χ0) is 16.1. The van der Waals surface area contributed by atoms with Gasteiger partial charge in [-0.2, -0.15) is 0 Å². The molecular weight excluding hydrogens is 308 g/mol. The summed E-state index contributed by atoms with van der Waals surface area (Å²) in [6.45, 7) is 4.00. The maximum atomic E-state index is 13.4. The van der Waals surface area contributed by atoms with Crippen molar-refractivity contribution in [2.24, 2.45) is 0 Å². The van der Waals surface area contributed by atoms with Crippen LogP contribution >= 0.6 is 11.3 Å². The number of benzene rings is 1. The van der Waals surface area contributed by atoms with Crippen LogP contribution in [0.15, 0.2) is 23.6 Å². The van der Waals surface area contributed by atoms with Crippen molar-refractivity contribution in [1.29, 1.82) is 0 Å². The van der Waals surface area contributed by atoms with Crippen molar-refractivity contribution in [2.75, 3.05) is 6.54 Å². The van der Waals surface area contributed by atoms with E-state index in [9.17, 15) is 13.6 Å². The second kappa shape index (κ2) is 7.31. The molecule has 1 heterocycles. The fraction of sp³-hybridized carbons (Fsp3) is 0.333. The first-order valence-electron chi connectivity index (χ1n) is 6.86. The summed E-state index contributed by atoms with van der Waals surface area (Å²) in [4.78, 5) is 16.1. The van der Waals surface area contributed by atoms with Crippen molar-refractivity contribution in [3.63, 3.8) is 0 Å². The van der Waals surface area contributed by atoms with E-state index in [1.54, 1.807) is 0 Å². The van der Waals surface area contributed by atoms with E-state index in [1.807, 2.05) is 19.2 Å². The maximum absolute atomic E-state index is 13.4. The molecule has 0 bridgehead atoms. The second-order valence-electron chi connectivity index (χ2n) is 4.90. The molecule has 22 heavy (non-hydrogen) atoms. The number of aryl methyl sites for hydroxylation is 1. The minimum absolute atomic E-state index is 0.201. The van der Waals surface area contributed by atoms with Crippen molar-refractivity contribution in [3.05, 3.63) is 51.5 Å². The topological polar surface area (TPSA) is 54.0 Å². The third-order valence-electron chi connectivity index (χ3n) is 3.12. The molecule has 0 spiro atoms. The number of nitrogens with zero attached hydrogens (tertiary/aromatic N) is 1.